The Morgan fingerprint density at radius 2 is 2.35 bits per heavy atom. The molecule has 17 heavy (non-hydrogen) atoms. The first kappa shape index (κ1) is 13.9. The van der Waals surface area contributed by atoms with Gasteiger partial charge < -0.3 is 10.2 Å². The molecule has 6 nitrogen and oxygen atoms in total. The minimum atomic E-state index is -0.415. The number of nitrogens with one attached hydrogen (secondary N) is 1. The van der Waals surface area contributed by atoms with Gasteiger partial charge in [0.2, 0.25) is 5.82 Å². The lowest BCUT2D eigenvalue weighted by molar-refractivity contribution is -0.384. The molecule has 1 heterocycles. The maximum absolute atomic E-state index is 10.9. The lowest BCUT2D eigenvalue weighted by Gasteiger charge is -2.17. The predicted octanol–water partition coefficient (Wildman–Crippen LogP) is 1.80. The molecule has 0 atom stereocenters. The number of rotatable bonds is 6. The van der Waals surface area contributed by atoms with Gasteiger partial charge in [-0.15, -0.1) is 0 Å². The second kappa shape index (κ2) is 6.51. The summed E-state index contributed by atoms with van der Waals surface area (Å²) in [4.78, 5) is 16.4. The third-order valence-electron chi connectivity index (χ3n) is 2.29. The quantitative estimate of drug-likeness (QED) is 0.493. The van der Waals surface area contributed by atoms with Gasteiger partial charge in [-0.1, -0.05) is 0 Å². The Morgan fingerprint density at radius 1 is 1.65 bits per heavy atom. The average molecular weight is 303 g/mol. The third-order valence-corrected chi connectivity index (χ3v) is 2.73. The molecule has 1 N–H and O–H groups in total. The van der Waals surface area contributed by atoms with Crippen LogP contribution >= 0.6 is 15.9 Å². The van der Waals surface area contributed by atoms with Crippen molar-refractivity contribution in [2.45, 2.75) is 6.42 Å². The number of hydrogen-bond acceptors (Lipinski definition) is 5. The second-order valence-electron chi connectivity index (χ2n) is 3.63. The largest absolute Gasteiger partial charge is 0.354 e. The summed E-state index contributed by atoms with van der Waals surface area (Å²) in [6.45, 7) is 1.59. The highest BCUT2D eigenvalue weighted by molar-refractivity contribution is 9.10. The van der Waals surface area contributed by atoms with Crippen LogP contribution < -0.4 is 10.2 Å². The van der Waals surface area contributed by atoms with Crippen LogP contribution in [0.1, 0.15) is 6.42 Å². The monoisotopic (exact) mass is 302 g/mol. The standard InChI is InChI=1S/C10H15BrN4O2/c1-12-4-3-5-14(2)10-9(15(16)17)6-8(11)7-13-10/h6-7,12H,3-5H2,1-2H3. The van der Waals surface area contributed by atoms with Gasteiger partial charge in [-0.2, -0.15) is 0 Å². The summed E-state index contributed by atoms with van der Waals surface area (Å²) in [7, 11) is 3.68. The van der Waals surface area contributed by atoms with Crippen LogP contribution in [0.2, 0.25) is 0 Å². The zero-order valence-electron chi connectivity index (χ0n) is 9.81. The number of anilines is 1. The molecule has 94 valence electrons. The lowest BCUT2D eigenvalue weighted by atomic mass is 10.3. The van der Waals surface area contributed by atoms with Gasteiger partial charge in [0.15, 0.2) is 0 Å². The molecule has 0 aliphatic carbocycles. The maximum atomic E-state index is 10.9. The first-order chi connectivity index (χ1) is 8.06. The molecule has 1 rings (SSSR count). The summed E-state index contributed by atoms with van der Waals surface area (Å²) >= 11 is 3.18. The predicted molar refractivity (Wildman–Crippen MR) is 70.4 cm³/mol. The Labute approximate surface area is 108 Å². The summed E-state index contributed by atoms with van der Waals surface area (Å²) in [6, 6.07) is 1.47. The highest BCUT2D eigenvalue weighted by atomic mass is 79.9. The van der Waals surface area contributed by atoms with E-state index in [0.29, 0.717) is 10.3 Å². The van der Waals surface area contributed by atoms with E-state index in [4.69, 9.17) is 0 Å². The number of nitro groups is 1. The molecule has 7 heteroatoms. The maximum Gasteiger partial charge on any atom is 0.312 e. The van der Waals surface area contributed by atoms with E-state index >= 15 is 0 Å². The molecule has 0 fully saturated rings. The van der Waals surface area contributed by atoms with Gasteiger partial charge in [0.25, 0.3) is 0 Å². The molecule has 0 amide bonds. The van der Waals surface area contributed by atoms with Gasteiger partial charge in [-0.05, 0) is 35.9 Å². The van der Waals surface area contributed by atoms with E-state index in [9.17, 15) is 10.1 Å². The van der Waals surface area contributed by atoms with E-state index in [1.54, 1.807) is 18.1 Å². The molecule has 0 unspecified atom stereocenters. The Kier molecular flexibility index (Phi) is 5.30. The van der Waals surface area contributed by atoms with Crippen molar-refractivity contribution < 1.29 is 4.92 Å². The van der Waals surface area contributed by atoms with E-state index in [1.807, 2.05) is 7.05 Å². The van der Waals surface area contributed by atoms with E-state index in [0.717, 1.165) is 19.5 Å². The fraction of sp³-hybridized carbons (Fsp3) is 0.500. The fourth-order valence-corrected chi connectivity index (χ4v) is 1.77. The fourth-order valence-electron chi connectivity index (χ4n) is 1.45. The molecule has 0 aliphatic heterocycles. The Morgan fingerprint density at radius 3 is 2.94 bits per heavy atom. The highest BCUT2D eigenvalue weighted by Crippen LogP contribution is 2.27. The molecule has 0 bridgehead atoms. The van der Waals surface area contributed by atoms with Crippen molar-refractivity contribution in [3.8, 4) is 0 Å². The lowest BCUT2D eigenvalue weighted by Crippen LogP contribution is -2.23. The summed E-state index contributed by atoms with van der Waals surface area (Å²) in [5.74, 6) is 0.398. The van der Waals surface area contributed by atoms with E-state index in [-0.39, 0.29) is 5.69 Å². The van der Waals surface area contributed by atoms with Crippen LogP contribution in [-0.4, -0.2) is 37.1 Å². The minimum absolute atomic E-state index is 0.0198. The van der Waals surface area contributed by atoms with Gasteiger partial charge >= 0.3 is 5.69 Å². The number of nitrogens with zero attached hydrogens (tertiary/aromatic N) is 3. The van der Waals surface area contributed by atoms with Crippen molar-refractivity contribution in [1.82, 2.24) is 10.3 Å². The zero-order valence-corrected chi connectivity index (χ0v) is 11.4. The van der Waals surface area contributed by atoms with Gasteiger partial charge in [-0.3, -0.25) is 10.1 Å². The van der Waals surface area contributed by atoms with Crippen molar-refractivity contribution in [2.24, 2.45) is 0 Å². The molecule has 0 saturated carbocycles. The molecular formula is C10H15BrN4O2. The van der Waals surface area contributed by atoms with Gasteiger partial charge in [-0.25, -0.2) is 4.98 Å². The molecule has 0 aliphatic rings. The summed E-state index contributed by atoms with van der Waals surface area (Å²) < 4.78 is 0.608. The van der Waals surface area contributed by atoms with Crippen molar-refractivity contribution in [2.75, 3.05) is 32.1 Å². The Bertz CT molecular complexity index is 400. The van der Waals surface area contributed by atoms with Gasteiger partial charge in [0, 0.05) is 30.3 Å². The van der Waals surface area contributed by atoms with Crippen LogP contribution in [0.15, 0.2) is 16.7 Å². The average Bonchev–Trinajstić information content (AvgIpc) is 2.29. The van der Waals surface area contributed by atoms with Crippen LogP contribution in [0.4, 0.5) is 11.5 Å². The molecule has 1 aromatic rings. The van der Waals surface area contributed by atoms with Crippen LogP contribution in [0, 0.1) is 10.1 Å². The van der Waals surface area contributed by atoms with E-state index in [1.165, 1.54) is 6.07 Å². The highest BCUT2D eigenvalue weighted by Gasteiger charge is 2.18. The summed E-state index contributed by atoms with van der Waals surface area (Å²) in [6.07, 6.45) is 2.47. The first-order valence-corrected chi connectivity index (χ1v) is 6.01. The van der Waals surface area contributed by atoms with E-state index in [2.05, 4.69) is 26.2 Å². The van der Waals surface area contributed by atoms with Crippen LogP contribution in [0.25, 0.3) is 0 Å². The van der Waals surface area contributed by atoms with Gasteiger partial charge in [0.05, 0.1) is 4.92 Å². The molecule has 0 radical (unpaired) electrons. The third kappa shape index (κ3) is 3.94. The Hall–Kier alpha value is -1.21. The van der Waals surface area contributed by atoms with Gasteiger partial charge in [0.1, 0.15) is 0 Å². The first-order valence-electron chi connectivity index (χ1n) is 5.22. The normalized spacial score (nSPS) is 10.3. The van der Waals surface area contributed by atoms with Crippen molar-refractivity contribution in [3.05, 3.63) is 26.9 Å². The Balaban J connectivity index is 2.84. The molecular weight excluding hydrogens is 288 g/mol. The topological polar surface area (TPSA) is 71.3 Å². The summed E-state index contributed by atoms with van der Waals surface area (Å²) in [5, 5.41) is 13.9. The smallest absolute Gasteiger partial charge is 0.312 e. The van der Waals surface area contributed by atoms with Crippen LogP contribution in [0.5, 0.6) is 0 Å². The number of aromatic nitrogens is 1. The zero-order chi connectivity index (χ0) is 12.8. The number of pyridine rings is 1. The van der Waals surface area contributed by atoms with Crippen molar-refractivity contribution in [1.29, 1.82) is 0 Å². The van der Waals surface area contributed by atoms with E-state index < -0.39 is 4.92 Å². The molecule has 0 aromatic carbocycles. The van der Waals surface area contributed by atoms with Crippen LogP contribution in [-0.2, 0) is 0 Å². The summed E-state index contributed by atoms with van der Waals surface area (Å²) in [5.41, 5.74) is 0.0198. The van der Waals surface area contributed by atoms with Crippen molar-refractivity contribution >= 4 is 27.4 Å². The minimum Gasteiger partial charge on any atom is -0.354 e. The number of hydrogen-bond donors (Lipinski definition) is 1. The van der Waals surface area contributed by atoms with Crippen molar-refractivity contribution in [3.63, 3.8) is 0 Å². The molecule has 0 spiro atoms. The SMILES string of the molecule is CNCCCN(C)c1ncc(Br)cc1[N+](=O)[O-]. The molecule has 0 saturated heterocycles. The second-order valence-corrected chi connectivity index (χ2v) is 4.55. The number of halogens is 1. The van der Waals surface area contributed by atoms with Crippen LogP contribution in [0.3, 0.4) is 0 Å². The molecule has 1 aromatic heterocycles.